The monoisotopic (exact) mass is 411 g/mol. The number of benzene rings is 1. The zero-order valence-electron chi connectivity index (χ0n) is 16.7. The zero-order valence-corrected chi connectivity index (χ0v) is 16.7. The molecule has 0 spiro atoms. The molecule has 1 aliphatic heterocycles. The van der Waals surface area contributed by atoms with Crippen LogP contribution in [0.1, 0.15) is 19.3 Å². The molecule has 1 aliphatic rings. The highest BCUT2D eigenvalue weighted by Crippen LogP contribution is 2.15. The fourth-order valence-electron chi connectivity index (χ4n) is 3.05. The van der Waals surface area contributed by atoms with E-state index in [1.54, 1.807) is 19.0 Å². The maximum atomic E-state index is 13.7. The molecule has 0 radical (unpaired) electrons. The molecule has 10 heteroatoms. The zero-order chi connectivity index (χ0) is 21.4. The Kier molecular flexibility index (Phi) is 8.47. The summed E-state index contributed by atoms with van der Waals surface area (Å²) in [5.74, 6) is -2.26. The molecule has 0 aromatic heterocycles. The second-order valence-corrected chi connectivity index (χ2v) is 7.11. The van der Waals surface area contributed by atoms with Crippen LogP contribution < -0.4 is 10.7 Å². The lowest BCUT2D eigenvalue weighted by molar-refractivity contribution is -0.134. The van der Waals surface area contributed by atoms with Crippen LogP contribution in [0.3, 0.4) is 0 Å². The van der Waals surface area contributed by atoms with Gasteiger partial charge in [0.25, 0.3) is 0 Å². The van der Waals surface area contributed by atoms with Crippen molar-refractivity contribution in [1.82, 2.24) is 20.2 Å². The molecule has 29 heavy (non-hydrogen) atoms. The van der Waals surface area contributed by atoms with Gasteiger partial charge >= 0.3 is 0 Å². The van der Waals surface area contributed by atoms with Gasteiger partial charge in [-0.15, -0.1) is 0 Å². The third-order valence-corrected chi connectivity index (χ3v) is 4.43. The van der Waals surface area contributed by atoms with Crippen molar-refractivity contribution in [3.8, 4) is 0 Å². The summed E-state index contributed by atoms with van der Waals surface area (Å²) in [5.41, 5.74) is 2.52. The Hall–Kier alpha value is -2.59. The van der Waals surface area contributed by atoms with E-state index in [0.717, 1.165) is 6.07 Å². The van der Waals surface area contributed by atoms with Crippen LogP contribution >= 0.6 is 0 Å². The molecule has 8 nitrogen and oxygen atoms in total. The maximum absolute atomic E-state index is 13.7. The smallest absolute Gasteiger partial charge is 0.238 e. The molecule has 0 atom stereocenters. The number of carbonyl (C=O) groups excluding carboxylic acids is 3. The van der Waals surface area contributed by atoms with E-state index in [1.807, 2.05) is 4.90 Å². The SMILES string of the molecule is CN(C)NC(=O)CCC(=O)N1CCCN(CC(=O)Nc2ccc(F)cc2F)CC1. The molecular weight excluding hydrogens is 384 g/mol. The van der Waals surface area contributed by atoms with Gasteiger partial charge in [-0.1, -0.05) is 0 Å². The molecule has 1 aromatic rings. The number of carbonyl (C=O) groups is 3. The molecule has 2 N–H and O–H groups in total. The van der Waals surface area contributed by atoms with Crippen LogP contribution in [0.25, 0.3) is 0 Å². The lowest BCUT2D eigenvalue weighted by Crippen LogP contribution is -2.39. The minimum atomic E-state index is -0.829. The van der Waals surface area contributed by atoms with Crippen LogP contribution in [0.4, 0.5) is 14.5 Å². The number of hydrogen-bond acceptors (Lipinski definition) is 5. The fourth-order valence-corrected chi connectivity index (χ4v) is 3.05. The van der Waals surface area contributed by atoms with Crippen LogP contribution in [0.2, 0.25) is 0 Å². The van der Waals surface area contributed by atoms with Gasteiger partial charge in [0.1, 0.15) is 11.6 Å². The third kappa shape index (κ3) is 7.74. The summed E-state index contributed by atoms with van der Waals surface area (Å²) < 4.78 is 26.6. The van der Waals surface area contributed by atoms with Crippen molar-refractivity contribution in [3.05, 3.63) is 29.8 Å². The summed E-state index contributed by atoms with van der Waals surface area (Å²) in [4.78, 5) is 39.7. The Morgan fingerprint density at radius 1 is 1.03 bits per heavy atom. The largest absolute Gasteiger partial charge is 0.341 e. The van der Waals surface area contributed by atoms with Gasteiger partial charge in [-0.05, 0) is 18.6 Å². The number of amides is 3. The van der Waals surface area contributed by atoms with Gasteiger partial charge in [-0.2, -0.15) is 0 Å². The molecule has 1 fully saturated rings. The van der Waals surface area contributed by atoms with E-state index in [0.29, 0.717) is 38.7 Å². The first-order chi connectivity index (χ1) is 13.7. The number of nitrogens with one attached hydrogen (secondary N) is 2. The molecule has 2 rings (SSSR count). The van der Waals surface area contributed by atoms with Gasteiger partial charge < -0.3 is 10.2 Å². The van der Waals surface area contributed by atoms with Gasteiger partial charge in [-0.25, -0.2) is 13.8 Å². The van der Waals surface area contributed by atoms with E-state index >= 15 is 0 Å². The molecule has 0 aliphatic carbocycles. The first-order valence-electron chi connectivity index (χ1n) is 9.46. The van der Waals surface area contributed by atoms with E-state index in [-0.39, 0.29) is 36.9 Å². The number of anilines is 1. The van der Waals surface area contributed by atoms with Crippen LogP contribution in [0, 0.1) is 11.6 Å². The standard InChI is InChI=1S/C19H27F2N5O3/c1-24(2)23-17(27)6-7-19(29)26-9-3-8-25(10-11-26)13-18(28)22-16-5-4-14(20)12-15(16)21/h4-5,12H,3,6-11,13H2,1-2H3,(H,22,28)(H,23,27). The van der Waals surface area contributed by atoms with Gasteiger partial charge in [0, 0.05) is 59.2 Å². The van der Waals surface area contributed by atoms with Gasteiger partial charge in [0.2, 0.25) is 17.7 Å². The highest BCUT2D eigenvalue weighted by molar-refractivity contribution is 5.92. The Labute approximate surface area is 168 Å². The molecular formula is C19H27F2N5O3. The molecule has 0 bridgehead atoms. The van der Waals surface area contributed by atoms with Gasteiger partial charge in [0.05, 0.1) is 12.2 Å². The number of nitrogens with zero attached hydrogens (tertiary/aromatic N) is 3. The fraction of sp³-hybridized carbons (Fsp3) is 0.526. The van der Waals surface area contributed by atoms with Crippen molar-refractivity contribution in [2.75, 3.05) is 52.1 Å². The Balaban J connectivity index is 1.77. The van der Waals surface area contributed by atoms with Crippen LogP contribution in [-0.4, -0.2) is 79.3 Å². The molecule has 160 valence electrons. The predicted octanol–water partition coefficient (Wildman–Crippen LogP) is 0.811. The summed E-state index contributed by atoms with van der Waals surface area (Å²) in [6, 6.07) is 2.97. The van der Waals surface area contributed by atoms with Crippen LogP contribution in [0.15, 0.2) is 18.2 Å². The maximum Gasteiger partial charge on any atom is 0.238 e. The first-order valence-corrected chi connectivity index (χ1v) is 9.46. The summed E-state index contributed by atoms with van der Waals surface area (Å²) >= 11 is 0. The van der Waals surface area contributed by atoms with E-state index in [2.05, 4.69) is 10.7 Å². The molecule has 1 saturated heterocycles. The summed E-state index contributed by atoms with van der Waals surface area (Å²) in [5, 5.41) is 3.96. The van der Waals surface area contributed by atoms with Crippen molar-refractivity contribution in [2.45, 2.75) is 19.3 Å². The Bertz CT molecular complexity index is 745. The number of halogens is 2. The minimum Gasteiger partial charge on any atom is -0.341 e. The van der Waals surface area contributed by atoms with Gasteiger partial charge in [-0.3, -0.25) is 24.7 Å². The average molecular weight is 411 g/mol. The number of hydrogen-bond donors (Lipinski definition) is 2. The van der Waals surface area contributed by atoms with Gasteiger partial charge in [0.15, 0.2) is 0 Å². The van der Waals surface area contributed by atoms with E-state index in [4.69, 9.17) is 0 Å². The van der Waals surface area contributed by atoms with Crippen molar-refractivity contribution < 1.29 is 23.2 Å². The molecule has 0 unspecified atom stereocenters. The van der Waals surface area contributed by atoms with Crippen molar-refractivity contribution >= 4 is 23.4 Å². The average Bonchev–Trinajstić information content (AvgIpc) is 2.87. The number of hydrazine groups is 1. The molecule has 0 saturated carbocycles. The summed E-state index contributed by atoms with van der Waals surface area (Å²) in [6.07, 6.45) is 0.931. The normalized spacial score (nSPS) is 15.1. The minimum absolute atomic E-state index is 0.0457. The van der Waals surface area contributed by atoms with E-state index in [1.165, 1.54) is 11.1 Å². The summed E-state index contributed by atoms with van der Waals surface area (Å²) in [7, 11) is 3.40. The molecule has 3 amide bonds. The Morgan fingerprint density at radius 3 is 2.48 bits per heavy atom. The first kappa shape index (κ1) is 22.7. The van der Waals surface area contributed by atoms with Crippen molar-refractivity contribution in [2.24, 2.45) is 0 Å². The quantitative estimate of drug-likeness (QED) is 0.649. The van der Waals surface area contributed by atoms with E-state index in [9.17, 15) is 23.2 Å². The second kappa shape index (κ2) is 10.8. The van der Waals surface area contributed by atoms with Crippen molar-refractivity contribution in [1.29, 1.82) is 0 Å². The summed E-state index contributed by atoms with van der Waals surface area (Å²) in [6.45, 7) is 2.16. The van der Waals surface area contributed by atoms with Crippen LogP contribution in [0.5, 0.6) is 0 Å². The highest BCUT2D eigenvalue weighted by atomic mass is 19.1. The third-order valence-electron chi connectivity index (χ3n) is 4.43. The highest BCUT2D eigenvalue weighted by Gasteiger charge is 2.21. The predicted molar refractivity (Wildman–Crippen MR) is 104 cm³/mol. The van der Waals surface area contributed by atoms with E-state index < -0.39 is 17.5 Å². The topological polar surface area (TPSA) is 85.0 Å². The second-order valence-electron chi connectivity index (χ2n) is 7.11. The lowest BCUT2D eigenvalue weighted by Gasteiger charge is -2.22. The number of rotatable bonds is 7. The van der Waals surface area contributed by atoms with Crippen molar-refractivity contribution in [3.63, 3.8) is 0 Å². The molecule has 1 aromatic carbocycles. The lowest BCUT2D eigenvalue weighted by atomic mass is 10.2. The Morgan fingerprint density at radius 2 is 1.79 bits per heavy atom. The molecule has 1 heterocycles. The van der Waals surface area contributed by atoms with Crippen LogP contribution in [-0.2, 0) is 14.4 Å².